The summed E-state index contributed by atoms with van der Waals surface area (Å²) in [4.78, 5) is 23.0. The Labute approximate surface area is 118 Å². The summed E-state index contributed by atoms with van der Waals surface area (Å²) < 4.78 is 36.3. The molecule has 0 aliphatic carbocycles. The highest BCUT2D eigenvalue weighted by Gasteiger charge is 2.31. The Hall–Kier alpha value is -1.76. The first-order chi connectivity index (χ1) is 9.23. The van der Waals surface area contributed by atoms with E-state index in [-0.39, 0.29) is 16.3 Å². The Morgan fingerprint density at radius 1 is 1.30 bits per heavy atom. The summed E-state index contributed by atoms with van der Waals surface area (Å²) >= 11 is 5.73. The second-order valence-electron chi connectivity index (χ2n) is 3.89. The minimum Gasteiger partial charge on any atom is -0.352 e. The Bertz CT molecular complexity index is 518. The van der Waals surface area contributed by atoms with E-state index < -0.39 is 24.4 Å². The molecule has 0 atom stereocenters. The van der Waals surface area contributed by atoms with Crippen molar-refractivity contribution in [2.45, 2.75) is 19.5 Å². The second kappa shape index (κ2) is 6.60. The van der Waals surface area contributed by atoms with E-state index in [9.17, 15) is 22.8 Å². The number of hydrogen-bond donors (Lipinski definition) is 2. The zero-order valence-corrected chi connectivity index (χ0v) is 11.2. The van der Waals surface area contributed by atoms with Gasteiger partial charge in [-0.05, 0) is 25.1 Å². The molecule has 1 aromatic rings. The van der Waals surface area contributed by atoms with Crippen LogP contribution in [-0.2, 0) is 4.79 Å². The van der Waals surface area contributed by atoms with E-state index >= 15 is 0 Å². The summed E-state index contributed by atoms with van der Waals surface area (Å²) in [5.74, 6) is -1.78. The topological polar surface area (TPSA) is 58.2 Å². The molecule has 0 spiro atoms. The molecule has 110 valence electrons. The molecule has 1 aromatic carbocycles. The van der Waals surface area contributed by atoms with Gasteiger partial charge < -0.3 is 10.6 Å². The Kier molecular flexibility index (Phi) is 5.38. The molecule has 8 heteroatoms. The van der Waals surface area contributed by atoms with Crippen LogP contribution in [0.2, 0.25) is 5.02 Å². The molecule has 20 heavy (non-hydrogen) atoms. The van der Waals surface area contributed by atoms with E-state index in [4.69, 9.17) is 11.6 Å². The summed E-state index contributed by atoms with van der Waals surface area (Å²) in [7, 11) is 0. The first kappa shape index (κ1) is 16.3. The fraction of sp³-hybridized carbons (Fsp3) is 0.333. The van der Waals surface area contributed by atoms with Crippen molar-refractivity contribution in [1.82, 2.24) is 5.32 Å². The standard InChI is InChI=1S/C12H12ClF3N2O2/c1-2-17-11(20)8-5-7(13)3-4-9(8)18-10(19)6-12(14,15)16/h3-5H,2,6H2,1H3,(H,17,20)(H,18,19). The number of carbonyl (C=O) groups is 2. The molecule has 0 heterocycles. The second-order valence-corrected chi connectivity index (χ2v) is 4.33. The molecule has 2 amide bonds. The van der Waals surface area contributed by atoms with Crippen molar-refractivity contribution in [1.29, 1.82) is 0 Å². The highest BCUT2D eigenvalue weighted by Crippen LogP contribution is 2.23. The summed E-state index contributed by atoms with van der Waals surface area (Å²) in [5, 5.41) is 4.77. The van der Waals surface area contributed by atoms with Gasteiger partial charge in [0.25, 0.3) is 5.91 Å². The average Bonchev–Trinajstić information content (AvgIpc) is 2.29. The van der Waals surface area contributed by atoms with Gasteiger partial charge in [0.2, 0.25) is 5.91 Å². The number of hydrogen-bond acceptors (Lipinski definition) is 2. The average molecular weight is 309 g/mol. The van der Waals surface area contributed by atoms with E-state index in [1.54, 1.807) is 6.92 Å². The van der Waals surface area contributed by atoms with Crippen LogP contribution >= 0.6 is 11.6 Å². The van der Waals surface area contributed by atoms with Crippen LogP contribution in [0, 0.1) is 0 Å². The van der Waals surface area contributed by atoms with Gasteiger partial charge in [0.15, 0.2) is 0 Å². The van der Waals surface area contributed by atoms with Gasteiger partial charge in [0.05, 0.1) is 11.3 Å². The van der Waals surface area contributed by atoms with Crippen molar-refractivity contribution in [3.8, 4) is 0 Å². The van der Waals surface area contributed by atoms with E-state index in [1.165, 1.54) is 18.2 Å². The quantitative estimate of drug-likeness (QED) is 0.898. The van der Waals surface area contributed by atoms with Crippen molar-refractivity contribution in [3.63, 3.8) is 0 Å². The molecule has 2 N–H and O–H groups in total. The van der Waals surface area contributed by atoms with Gasteiger partial charge in [-0.15, -0.1) is 0 Å². The van der Waals surface area contributed by atoms with Crippen LogP contribution in [0.15, 0.2) is 18.2 Å². The lowest BCUT2D eigenvalue weighted by Crippen LogP contribution is -2.26. The third kappa shape index (κ3) is 5.08. The minimum absolute atomic E-state index is 0.00914. The van der Waals surface area contributed by atoms with Gasteiger partial charge in [-0.1, -0.05) is 11.6 Å². The molecule has 0 bridgehead atoms. The number of anilines is 1. The third-order valence-electron chi connectivity index (χ3n) is 2.20. The van der Waals surface area contributed by atoms with E-state index in [0.29, 0.717) is 6.54 Å². The Balaban J connectivity index is 2.94. The normalized spacial score (nSPS) is 11.1. The molecule has 0 saturated carbocycles. The SMILES string of the molecule is CCNC(=O)c1cc(Cl)ccc1NC(=O)CC(F)(F)F. The summed E-state index contributed by atoms with van der Waals surface area (Å²) in [6.45, 7) is 2.02. The van der Waals surface area contributed by atoms with Crippen LogP contribution in [0.5, 0.6) is 0 Å². The predicted molar refractivity (Wildman–Crippen MR) is 68.8 cm³/mol. The number of halogens is 4. The summed E-state index contributed by atoms with van der Waals surface area (Å²) in [6.07, 6.45) is -6.23. The molecule has 0 aliphatic heterocycles. The Morgan fingerprint density at radius 2 is 1.95 bits per heavy atom. The fourth-order valence-corrected chi connectivity index (χ4v) is 1.62. The first-order valence-corrected chi connectivity index (χ1v) is 6.05. The maximum absolute atomic E-state index is 12.1. The minimum atomic E-state index is -4.61. The summed E-state index contributed by atoms with van der Waals surface area (Å²) in [5.41, 5.74) is -0.00975. The van der Waals surface area contributed by atoms with E-state index in [1.807, 2.05) is 0 Å². The predicted octanol–water partition coefficient (Wildman–Crippen LogP) is 2.98. The molecule has 0 radical (unpaired) electrons. The first-order valence-electron chi connectivity index (χ1n) is 5.67. The maximum atomic E-state index is 12.1. The van der Waals surface area contributed by atoms with Crippen LogP contribution in [0.4, 0.5) is 18.9 Å². The third-order valence-corrected chi connectivity index (χ3v) is 2.43. The lowest BCUT2D eigenvalue weighted by atomic mass is 10.1. The van der Waals surface area contributed by atoms with Gasteiger partial charge in [0, 0.05) is 11.6 Å². The number of rotatable bonds is 4. The number of nitrogens with one attached hydrogen (secondary N) is 2. The number of amides is 2. The van der Waals surface area contributed by atoms with Crippen LogP contribution in [-0.4, -0.2) is 24.5 Å². The highest BCUT2D eigenvalue weighted by molar-refractivity contribution is 6.31. The monoisotopic (exact) mass is 308 g/mol. The largest absolute Gasteiger partial charge is 0.397 e. The van der Waals surface area contributed by atoms with Crippen molar-refractivity contribution in [3.05, 3.63) is 28.8 Å². The lowest BCUT2D eigenvalue weighted by Gasteiger charge is -2.12. The molecular weight excluding hydrogens is 297 g/mol. The highest BCUT2D eigenvalue weighted by atomic mass is 35.5. The molecule has 0 aromatic heterocycles. The molecule has 0 aliphatic rings. The van der Waals surface area contributed by atoms with Crippen LogP contribution in [0.3, 0.4) is 0 Å². The van der Waals surface area contributed by atoms with E-state index in [0.717, 1.165) is 0 Å². The van der Waals surface area contributed by atoms with Gasteiger partial charge >= 0.3 is 6.18 Å². The molecular formula is C12H12ClF3N2O2. The van der Waals surface area contributed by atoms with Gasteiger partial charge in [-0.2, -0.15) is 13.2 Å². The lowest BCUT2D eigenvalue weighted by molar-refractivity contribution is -0.150. The van der Waals surface area contributed by atoms with Crippen molar-refractivity contribution in [2.75, 3.05) is 11.9 Å². The van der Waals surface area contributed by atoms with Crippen LogP contribution < -0.4 is 10.6 Å². The number of carbonyl (C=O) groups excluding carboxylic acids is 2. The van der Waals surface area contributed by atoms with Crippen LogP contribution in [0.1, 0.15) is 23.7 Å². The zero-order chi connectivity index (χ0) is 15.3. The molecule has 1 rings (SSSR count). The van der Waals surface area contributed by atoms with Crippen LogP contribution in [0.25, 0.3) is 0 Å². The Morgan fingerprint density at radius 3 is 2.50 bits per heavy atom. The number of alkyl halides is 3. The zero-order valence-electron chi connectivity index (χ0n) is 10.5. The maximum Gasteiger partial charge on any atom is 0.397 e. The molecule has 0 fully saturated rings. The van der Waals surface area contributed by atoms with Gasteiger partial charge in [-0.25, -0.2) is 0 Å². The smallest absolute Gasteiger partial charge is 0.352 e. The molecule has 4 nitrogen and oxygen atoms in total. The fourth-order valence-electron chi connectivity index (χ4n) is 1.45. The van der Waals surface area contributed by atoms with Crippen molar-refractivity contribution < 1.29 is 22.8 Å². The van der Waals surface area contributed by atoms with Crippen molar-refractivity contribution in [2.24, 2.45) is 0 Å². The summed E-state index contributed by atoms with van der Waals surface area (Å²) in [6, 6.07) is 3.92. The molecule has 0 saturated heterocycles. The van der Waals surface area contributed by atoms with Crippen molar-refractivity contribution >= 4 is 29.1 Å². The van der Waals surface area contributed by atoms with Gasteiger partial charge in [0.1, 0.15) is 6.42 Å². The van der Waals surface area contributed by atoms with E-state index in [2.05, 4.69) is 10.6 Å². The molecule has 0 unspecified atom stereocenters. The number of benzene rings is 1. The van der Waals surface area contributed by atoms with Gasteiger partial charge in [-0.3, -0.25) is 9.59 Å².